The van der Waals surface area contributed by atoms with Gasteiger partial charge in [0.25, 0.3) is 0 Å². The van der Waals surface area contributed by atoms with E-state index >= 15 is 0 Å². The van der Waals surface area contributed by atoms with E-state index in [1.165, 1.54) is 88.3 Å². The SMILES string of the molecule is CCCCCC[C@@H]1CC[C@@H]2CC(c3ccc4cc(C(F)(F)F)ccc4c3)CCC2C1. The molecule has 2 saturated carbocycles. The maximum atomic E-state index is 13.0. The highest BCUT2D eigenvalue weighted by molar-refractivity contribution is 5.84. The second kappa shape index (κ2) is 9.32. The van der Waals surface area contributed by atoms with Gasteiger partial charge in [0.15, 0.2) is 0 Å². The molecule has 2 aromatic carbocycles. The Labute approximate surface area is 179 Å². The molecule has 2 aliphatic carbocycles. The van der Waals surface area contributed by atoms with E-state index in [0.29, 0.717) is 11.3 Å². The third-order valence-electron chi connectivity index (χ3n) is 7.85. The second-order valence-electron chi connectivity index (χ2n) is 9.88. The number of fused-ring (bicyclic) bond motifs is 2. The van der Waals surface area contributed by atoms with Crippen LogP contribution in [0.3, 0.4) is 0 Å². The lowest BCUT2D eigenvalue weighted by Gasteiger charge is -2.42. The Morgan fingerprint density at radius 3 is 2.33 bits per heavy atom. The highest BCUT2D eigenvalue weighted by atomic mass is 19.4. The van der Waals surface area contributed by atoms with E-state index < -0.39 is 11.7 Å². The summed E-state index contributed by atoms with van der Waals surface area (Å²) in [5.74, 6) is 3.27. The van der Waals surface area contributed by atoms with Crippen LogP contribution in [-0.4, -0.2) is 0 Å². The monoisotopic (exact) mass is 416 g/mol. The lowest BCUT2D eigenvalue weighted by atomic mass is 9.63. The first-order valence-electron chi connectivity index (χ1n) is 12.0. The summed E-state index contributed by atoms with van der Waals surface area (Å²) in [6.07, 6.45) is 10.7. The molecule has 2 aliphatic rings. The molecule has 0 bridgehead atoms. The van der Waals surface area contributed by atoms with Crippen molar-refractivity contribution in [3.63, 3.8) is 0 Å². The molecule has 0 heterocycles. The van der Waals surface area contributed by atoms with Gasteiger partial charge < -0.3 is 0 Å². The molecule has 0 saturated heterocycles. The van der Waals surface area contributed by atoms with Crippen molar-refractivity contribution in [2.24, 2.45) is 17.8 Å². The van der Waals surface area contributed by atoms with E-state index in [1.54, 1.807) is 6.07 Å². The maximum absolute atomic E-state index is 13.0. The zero-order valence-corrected chi connectivity index (χ0v) is 18.2. The van der Waals surface area contributed by atoms with Gasteiger partial charge in [-0.25, -0.2) is 0 Å². The number of hydrogen-bond acceptors (Lipinski definition) is 0. The van der Waals surface area contributed by atoms with Gasteiger partial charge in [0.05, 0.1) is 5.56 Å². The van der Waals surface area contributed by atoms with Crippen molar-refractivity contribution in [2.75, 3.05) is 0 Å². The van der Waals surface area contributed by atoms with Crippen LogP contribution in [-0.2, 0) is 6.18 Å². The molecule has 0 nitrogen and oxygen atoms in total. The molecule has 4 rings (SSSR count). The van der Waals surface area contributed by atoms with Gasteiger partial charge in [0.2, 0.25) is 0 Å². The predicted octanol–water partition coefficient (Wildman–Crippen LogP) is 9.13. The van der Waals surface area contributed by atoms with Crippen LogP contribution in [0.25, 0.3) is 10.8 Å². The van der Waals surface area contributed by atoms with Gasteiger partial charge >= 0.3 is 6.18 Å². The van der Waals surface area contributed by atoms with Crippen molar-refractivity contribution in [3.8, 4) is 0 Å². The zero-order valence-electron chi connectivity index (χ0n) is 18.2. The lowest BCUT2D eigenvalue weighted by molar-refractivity contribution is -0.137. The molecule has 2 fully saturated rings. The normalized spacial score (nSPS) is 27.2. The molecule has 3 heteroatoms. The molecule has 0 N–H and O–H groups in total. The molecular weight excluding hydrogens is 381 g/mol. The molecule has 30 heavy (non-hydrogen) atoms. The number of unbranched alkanes of at least 4 members (excludes halogenated alkanes) is 3. The average molecular weight is 417 g/mol. The first kappa shape index (κ1) is 21.7. The first-order valence-corrected chi connectivity index (χ1v) is 12.0. The third kappa shape index (κ3) is 5.03. The molecule has 2 aromatic rings. The van der Waals surface area contributed by atoms with Crippen LogP contribution < -0.4 is 0 Å². The molecule has 164 valence electrons. The van der Waals surface area contributed by atoms with E-state index in [-0.39, 0.29) is 0 Å². The van der Waals surface area contributed by atoms with Gasteiger partial charge in [-0.05, 0) is 84.2 Å². The fourth-order valence-corrected chi connectivity index (χ4v) is 6.11. The van der Waals surface area contributed by atoms with Gasteiger partial charge in [-0.1, -0.05) is 69.7 Å². The summed E-state index contributed by atoms with van der Waals surface area (Å²) in [5, 5.41) is 1.62. The van der Waals surface area contributed by atoms with Crippen molar-refractivity contribution in [3.05, 3.63) is 47.5 Å². The lowest BCUT2D eigenvalue weighted by Crippen LogP contribution is -2.30. The van der Waals surface area contributed by atoms with Crippen molar-refractivity contribution < 1.29 is 13.2 Å². The number of rotatable bonds is 6. The van der Waals surface area contributed by atoms with Crippen LogP contribution in [0.4, 0.5) is 13.2 Å². The second-order valence-corrected chi connectivity index (χ2v) is 9.88. The quantitative estimate of drug-likeness (QED) is 0.412. The van der Waals surface area contributed by atoms with E-state index in [4.69, 9.17) is 0 Å². The third-order valence-corrected chi connectivity index (χ3v) is 7.85. The van der Waals surface area contributed by atoms with Crippen LogP contribution in [0.1, 0.15) is 94.6 Å². The fraction of sp³-hybridized carbons (Fsp3) is 0.630. The Kier molecular flexibility index (Phi) is 6.75. The summed E-state index contributed by atoms with van der Waals surface area (Å²) in [5.41, 5.74) is 0.761. The van der Waals surface area contributed by atoms with E-state index in [2.05, 4.69) is 19.1 Å². The molecule has 0 aromatic heterocycles. The van der Waals surface area contributed by atoms with Gasteiger partial charge in [0.1, 0.15) is 0 Å². The standard InChI is InChI=1S/C27H35F3/c1-2-3-4-5-6-19-7-8-21-16-22(10-9-20(21)15-19)23-11-12-25-18-26(27(28,29)30)14-13-24(25)17-23/h11-14,17-22H,2-10,15-16H2,1H3/t19-,20?,21-,22?/m1/s1. The van der Waals surface area contributed by atoms with E-state index in [9.17, 15) is 13.2 Å². The number of alkyl halides is 3. The fourth-order valence-electron chi connectivity index (χ4n) is 6.11. The summed E-state index contributed by atoms with van der Waals surface area (Å²) in [7, 11) is 0. The highest BCUT2D eigenvalue weighted by Crippen LogP contribution is 2.48. The average Bonchev–Trinajstić information content (AvgIpc) is 2.75. The Balaban J connectivity index is 1.37. The number of benzene rings is 2. The molecule has 0 radical (unpaired) electrons. The molecule has 4 atom stereocenters. The summed E-state index contributed by atoms with van der Waals surface area (Å²) in [4.78, 5) is 0. The molecule has 0 amide bonds. The molecule has 0 aliphatic heterocycles. The topological polar surface area (TPSA) is 0 Å². The molecule has 0 spiro atoms. The van der Waals surface area contributed by atoms with E-state index in [0.717, 1.165) is 23.1 Å². The van der Waals surface area contributed by atoms with Crippen molar-refractivity contribution in [2.45, 2.75) is 89.6 Å². The van der Waals surface area contributed by atoms with Gasteiger partial charge in [-0.15, -0.1) is 0 Å². The smallest absolute Gasteiger partial charge is 0.166 e. The van der Waals surface area contributed by atoms with Crippen LogP contribution in [0.2, 0.25) is 0 Å². The minimum absolute atomic E-state index is 0.560. The summed E-state index contributed by atoms with van der Waals surface area (Å²) < 4.78 is 38.9. The Morgan fingerprint density at radius 1 is 0.800 bits per heavy atom. The number of hydrogen-bond donors (Lipinski definition) is 0. The Morgan fingerprint density at radius 2 is 1.53 bits per heavy atom. The maximum Gasteiger partial charge on any atom is 0.416 e. The summed E-state index contributed by atoms with van der Waals surface area (Å²) in [6, 6.07) is 10.2. The Bertz CT molecular complexity index is 838. The summed E-state index contributed by atoms with van der Waals surface area (Å²) in [6.45, 7) is 2.28. The Hall–Kier alpha value is -1.51. The summed E-state index contributed by atoms with van der Waals surface area (Å²) >= 11 is 0. The first-order chi connectivity index (χ1) is 14.4. The van der Waals surface area contributed by atoms with Crippen LogP contribution in [0.15, 0.2) is 36.4 Å². The largest absolute Gasteiger partial charge is 0.416 e. The zero-order chi connectivity index (χ0) is 21.1. The van der Waals surface area contributed by atoms with Crippen molar-refractivity contribution in [1.29, 1.82) is 0 Å². The van der Waals surface area contributed by atoms with Gasteiger partial charge in [-0.2, -0.15) is 13.2 Å². The van der Waals surface area contributed by atoms with Gasteiger partial charge in [0, 0.05) is 0 Å². The number of halogens is 3. The van der Waals surface area contributed by atoms with Crippen LogP contribution in [0.5, 0.6) is 0 Å². The van der Waals surface area contributed by atoms with E-state index in [1.807, 2.05) is 6.07 Å². The van der Waals surface area contributed by atoms with Gasteiger partial charge in [-0.3, -0.25) is 0 Å². The van der Waals surface area contributed by atoms with Crippen LogP contribution in [0, 0.1) is 17.8 Å². The predicted molar refractivity (Wildman–Crippen MR) is 119 cm³/mol. The van der Waals surface area contributed by atoms with Crippen LogP contribution >= 0.6 is 0 Å². The molecular formula is C27H35F3. The highest BCUT2D eigenvalue weighted by Gasteiger charge is 2.36. The molecule has 2 unspecified atom stereocenters. The van der Waals surface area contributed by atoms with Crippen molar-refractivity contribution >= 4 is 10.8 Å². The minimum Gasteiger partial charge on any atom is -0.166 e. The van der Waals surface area contributed by atoms with Crippen molar-refractivity contribution in [1.82, 2.24) is 0 Å². The minimum atomic E-state index is -4.28.